The van der Waals surface area contributed by atoms with Crippen LogP contribution in [0, 0.1) is 0 Å². The van der Waals surface area contributed by atoms with Gasteiger partial charge in [0, 0.05) is 34.9 Å². The Labute approximate surface area is 151 Å². The number of thiophene rings is 1. The van der Waals surface area contributed by atoms with Gasteiger partial charge in [-0.2, -0.15) is 0 Å². The van der Waals surface area contributed by atoms with Crippen molar-refractivity contribution in [3.8, 4) is 16.2 Å². The first-order chi connectivity index (χ1) is 12.1. The fourth-order valence-corrected chi connectivity index (χ4v) is 3.11. The Morgan fingerprint density at radius 2 is 2.00 bits per heavy atom. The van der Waals surface area contributed by atoms with Gasteiger partial charge in [-0.05, 0) is 61.2 Å². The van der Waals surface area contributed by atoms with Gasteiger partial charge in [0.2, 0.25) is 0 Å². The van der Waals surface area contributed by atoms with Gasteiger partial charge in [-0.3, -0.25) is 9.78 Å². The third-order valence-electron chi connectivity index (χ3n) is 3.54. The number of ether oxygens (including phenoxy) is 1. The summed E-state index contributed by atoms with van der Waals surface area (Å²) in [5.74, 6) is 0.650. The van der Waals surface area contributed by atoms with Crippen LogP contribution in [0.1, 0.15) is 29.8 Å². The first-order valence-electron chi connectivity index (χ1n) is 8.14. The summed E-state index contributed by atoms with van der Waals surface area (Å²) in [6.07, 6.45) is 3.73. The first-order valence-corrected chi connectivity index (χ1v) is 9.02. The Balaban J connectivity index is 1.61. The standard InChI is InChI=1S/C20H20N2O2S/c1-14(2)24-18-7-5-16(6-8-18)20(23)22-12-15-10-17(13-21-11-15)19-4-3-9-25-19/h3-11,13-14H,12H2,1-2H3,(H,22,23). The number of hydrogen-bond donors (Lipinski definition) is 1. The number of carbonyl (C=O) groups is 1. The highest BCUT2D eigenvalue weighted by molar-refractivity contribution is 7.13. The minimum atomic E-state index is -0.113. The van der Waals surface area contributed by atoms with Crippen LogP contribution in [0.4, 0.5) is 0 Å². The molecule has 0 saturated heterocycles. The number of pyridine rings is 1. The van der Waals surface area contributed by atoms with E-state index in [1.54, 1.807) is 29.7 Å². The number of nitrogens with zero attached hydrogens (tertiary/aromatic N) is 1. The normalized spacial score (nSPS) is 10.7. The summed E-state index contributed by atoms with van der Waals surface area (Å²) in [5, 5.41) is 4.97. The fraction of sp³-hybridized carbons (Fsp3) is 0.200. The summed E-state index contributed by atoms with van der Waals surface area (Å²) in [6.45, 7) is 4.38. The molecule has 1 amide bonds. The number of benzene rings is 1. The molecule has 25 heavy (non-hydrogen) atoms. The third-order valence-corrected chi connectivity index (χ3v) is 4.46. The monoisotopic (exact) mass is 352 g/mol. The zero-order valence-corrected chi connectivity index (χ0v) is 15.0. The van der Waals surface area contributed by atoms with Crippen molar-refractivity contribution in [3.05, 3.63) is 71.4 Å². The molecular weight excluding hydrogens is 332 g/mol. The van der Waals surface area contributed by atoms with Crippen LogP contribution in [0.3, 0.4) is 0 Å². The zero-order chi connectivity index (χ0) is 17.6. The fourth-order valence-electron chi connectivity index (χ4n) is 2.40. The minimum absolute atomic E-state index is 0.113. The Bertz CT molecular complexity index is 827. The van der Waals surface area contributed by atoms with Gasteiger partial charge in [0.05, 0.1) is 6.10 Å². The van der Waals surface area contributed by atoms with Crippen molar-refractivity contribution in [1.82, 2.24) is 10.3 Å². The SMILES string of the molecule is CC(C)Oc1ccc(C(=O)NCc2cncc(-c3cccs3)c2)cc1. The topological polar surface area (TPSA) is 51.2 Å². The lowest BCUT2D eigenvalue weighted by Gasteiger charge is -2.10. The van der Waals surface area contributed by atoms with Crippen molar-refractivity contribution in [2.75, 3.05) is 0 Å². The van der Waals surface area contributed by atoms with E-state index in [-0.39, 0.29) is 12.0 Å². The highest BCUT2D eigenvalue weighted by Crippen LogP contribution is 2.24. The summed E-state index contributed by atoms with van der Waals surface area (Å²) in [7, 11) is 0. The van der Waals surface area contributed by atoms with Crippen LogP contribution in [0.25, 0.3) is 10.4 Å². The molecule has 2 heterocycles. The van der Waals surface area contributed by atoms with Gasteiger partial charge in [0.1, 0.15) is 5.75 Å². The Kier molecular flexibility index (Phi) is 5.46. The lowest BCUT2D eigenvalue weighted by atomic mass is 10.1. The molecule has 0 aliphatic carbocycles. The molecule has 0 spiro atoms. The Hall–Kier alpha value is -2.66. The zero-order valence-electron chi connectivity index (χ0n) is 14.2. The third kappa shape index (κ3) is 4.67. The molecule has 3 rings (SSSR count). The summed E-state index contributed by atoms with van der Waals surface area (Å²) in [5.41, 5.74) is 2.65. The van der Waals surface area contributed by atoms with E-state index in [1.165, 1.54) is 4.88 Å². The molecule has 0 radical (unpaired) electrons. The van der Waals surface area contributed by atoms with Crippen LogP contribution < -0.4 is 10.1 Å². The van der Waals surface area contributed by atoms with Crippen molar-refractivity contribution >= 4 is 17.2 Å². The maximum absolute atomic E-state index is 12.3. The van der Waals surface area contributed by atoms with E-state index in [0.29, 0.717) is 12.1 Å². The molecule has 0 atom stereocenters. The molecule has 2 aromatic heterocycles. The lowest BCUT2D eigenvalue weighted by molar-refractivity contribution is 0.0951. The number of carbonyl (C=O) groups excluding carboxylic acids is 1. The van der Waals surface area contributed by atoms with E-state index in [4.69, 9.17) is 4.74 Å². The van der Waals surface area contributed by atoms with E-state index in [0.717, 1.165) is 16.9 Å². The number of rotatable bonds is 6. The average Bonchev–Trinajstić information content (AvgIpc) is 3.15. The number of amides is 1. The number of hydrogen-bond acceptors (Lipinski definition) is 4. The van der Waals surface area contributed by atoms with Gasteiger partial charge in [-0.1, -0.05) is 6.07 Å². The first kappa shape index (κ1) is 17.2. The average molecular weight is 352 g/mol. The maximum atomic E-state index is 12.3. The quantitative estimate of drug-likeness (QED) is 0.709. The van der Waals surface area contributed by atoms with Gasteiger partial charge in [0.25, 0.3) is 5.91 Å². The van der Waals surface area contributed by atoms with Crippen molar-refractivity contribution < 1.29 is 9.53 Å². The van der Waals surface area contributed by atoms with Crippen molar-refractivity contribution in [2.24, 2.45) is 0 Å². The van der Waals surface area contributed by atoms with Crippen molar-refractivity contribution in [3.63, 3.8) is 0 Å². The van der Waals surface area contributed by atoms with Crippen molar-refractivity contribution in [1.29, 1.82) is 0 Å². The van der Waals surface area contributed by atoms with Gasteiger partial charge < -0.3 is 10.1 Å². The van der Waals surface area contributed by atoms with Gasteiger partial charge >= 0.3 is 0 Å². The number of aromatic nitrogens is 1. The van der Waals surface area contributed by atoms with Crippen LogP contribution in [-0.4, -0.2) is 17.0 Å². The van der Waals surface area contributed by atoms with E-state index in [9.17, 15) is 4.79 Å². The molecule has 4 nitrogen and oxygen atoms in total. The smallest absolute Gasteiger partial charge is 0.251 e. The largest absolute Gasteiger partial charge is 0.491 e. The maximum Gasteiger partial charge on any atom is 0.251 e. The van der Waals surface area contributed by atoms with E-state index < -0.39 is 0 Å². The van der Waals surface area contributed by atoms with Crippen molar-refractivity contribution in [2.45, 2.75) is 26.5 Å². The molecule has 5 heteroatoms. The summed E-state index contributed by atoms with van der Waals surface area (Å²) in [6, 6.07) is 13.3. The van der Waals surface area contributed by atoms with Crippen LogP contribution in [0.15, 0.2) is 60.2 Å². The minimum Gasteiger partial charge on any atom is -0.491 e. The molecule has 0 bridgehead atoms. The molecule has 3 aromatic rings. The Morgan fingerprint density at radius 3 is 2.68 bits per heavy atom. The molecule has 128 valence electrons. The van der Waals surface area contributed by atoms with E-state index in [1.807, 2.05) is 43.6 Å². The highest BCUT2D eigenvalue weighted by Gasteiger charge is 2.07. The summed E-state index contributed by atoms with van der Waals surface area (Å²) >= 11 is 1.67. The number of nitrogens with one attached hydrogen (secondary N) is 1. The van der Waals surface area contributed by atoms with E-state index in [2.05, 4.69) is 22.4 Å². The van der Waals surface area contributed by atoms with Crippen LogP contribution in [0.5, 0.6) is 5.75 Å². The molecule has 0 fully saturated rings. The van der Waals surface area contributed by atoms with Gasteiger partial charge in [-0.25, -0.2) is 0 Å². The molecule has 0 aliphatic heterocycles. The molecule has 0 unspecified atom stereocenters. The molecule has 1 aromatic carbocycles. The van der Waals surface area contributed by atoms with Crippen LogP contribution >= 0.6 is 11.3 Å². The Morgan fingerprint density at radius 1 is 1.20 bits per heavy atom. The summed E-state index contributed by atoms with van der Waals surface area (Å²) in [4.78, 5) is 17.7. The van der Waals surface area contributed by atoms with Gasteiger partial charge in [0.15, 0.2) is 0 Å². The summed E-state index contributed by atoms with van der Waals surface area (Å²) < 4.78 is 5.59. The lowest BCUT2D eigenvalue weighted by Crippen LogP contribution is -2.22. The predicted octanol–water partition coefficient (Wildman–Crippen LogP) is 4.53. The van der Waals surface area contributed by atoms with Crippen LogP contribution in [-0.2, 0) is 6.54 Å². The molecule has 0 aliphatic rings. The second kappa shape index (κ2) is 7.94. The van der Waals surface area contributed by atoms with Crippen LogP contribution in [0.2, 0.25) is 0 Å². The molecule has 0 saturated carbocycles. The molecule has 1 N–H and O–H groups in total. The second-order valence-electron chi connectivity index (χ2n) is 5.93. The molecular formula is C20H20N2O2S. The van der Waals surface area contributed by atoms with E-state index >= 15 is 0 Å². The van der Waals surface area contributed by atoms with Gasteiger partial charge in [-0.15, -0.1) is 11.3 Å². The second-order valence-corrected chi connectivity index (χ2v) is 6.88. The predicted molar refractivity (Wildman–Crippen MR) is 101 cm³/mol. The highest BCUT2D eigenvalue weighted by atomic mass is 32.1.